The van der Waals surface area contributed by atoms with Gasteiger partial charge in [0.15, 0.2) is 4.77 Å². The van der Waals surface area contributed by atoms with Gasteiger partial charge >= 0.3 is 0 Å². The maximum absolute atomic E-state index is 13.2. The first-order valence-electron chi connectivity index (χ1n) is 8.73. The van der Waals surface area contributed by atoms with Crippen LogP contribution >= 0.6 is 23.6 Å². The van der Waals surface area contributed by atoms with Crippen LogP contribution in [0.5, 0.6) is 0 Å². The van der Waals surface area contributed by atoms with Gasteiger partial charge in [0.05, 0.1) is 17.1 Å². The van der Waals surface area contributed by atoms with Crippen molar-refractivity contribution < 1.29 is 4.79 Å². The predicted octanol–water partition coefficient (Wildman–Crippen LogP) is 4.93. The summed E-state index contributed by atoms with van der Waals surface area (Å²) in [7, 11) is 0. The summed E-state index contributed by atoms with van der Waals surface area (Å²) in [6, 6.07) is 8.22. The molecule has 25 heavy (non-hydrogen) atoms. The summed E-state index contributed by atoms with van der Waals surface area (Å²) >= 11 is 7.18. The monoisotopic (exact) mass is 371 g/mol. The molecule has 0 aliphatic carbocycles. The second-order valence-electron chi connectivity index (χ2n) is 6.38. The SMILES string of the molecule is CCC1c2ccsc2CCN1C(=O)c1ccc2c(c1)[nH]c(=S)n2CC. The molecule has 1 amide bonds. The zero-order chi connectivity index (χ0) is 17.6. The van der Waals surface area contributed by atoms with Gasteiger partial charge in [0.2, 0.25) is 0 Å². The van der Waals surface area contributed by atoms with Gasteiger partial charge in [-0.15, -0.1) is 11.3 Å². The predicted molar refractivity (Wildman–Crippen MR) is 105 cm³/mol. The highest BCUT2D eigenvalue weighted by molar-refractivity contribution is 7.71. The van der Waals surface area contributed by atoms with Crippen LogP contribution in [0.4, 0.5) is 0 Å². The molecule has 0 bridgehead atoms. The Hall–Kier alpha value is -1.92. The molecule has 3 heterocycles. The van der Waals surface area contributed by atoms with Crippen LogP contribution in [0.15, 0.2) is 29.6 Å². The Bertz CT molecular complexity index is 998. The van der Waals surface area contributed by atoms with Crippen LogP contribution in [-0.4, -0.2) is 26.9 Å². The van der Waals surface area contributed by atoms with Crippen molar-refractivity contribution in [2.45, 2.75) is 39.3 Å². The Morgan fingerprint density at radius 3 is 2.96 bits per heavy atom. The van der Waals surface area contributed by atoms with Gasteiger partial charge in [0.1, 0.15) is 0 Å². The number of fused-ring (bicyclic) bond motifs is 2. The maximum atomic E-state index is 13.2. The number of hydrogen-bond acceptors (Lipinski definition) is 3. The van der Waals surface area contributed by atoms with Gasteiger partial charge in [0.25, 0.3) is 5.91 Å². The summed E-state index contributed by atoms with van der Waals surface area (Å²) in [6.07, 6.45) is 1.89. The minimum absolute atomic E-state index is 0.106. The summed E-state index contributed by atoms with van der Waals surface area (Å²) < 4.78 is 2.75. The highest BCUT2D eigenvalue weighted by atomic mass is 32.1. The maximum Gasteiger partial charge on any atom is 0.254 e. The normalized spacial score (nSPS) is 17.0. The van der Waals surface area contributed by atoms with Gasteiger partial charge in [-0.25, -0.2) is 0 Å². The highest BCUT2D eigenvalue weighted by Crippen LogP contribution is 2.36. The fourth-order valence-electron chi connectivity index (χ4n) is 3.86. The minimum atomic E-state index is 0.106. The lowest BCUT2D eigenvalue weighted by atomic mass is 9.97. The third-order valence-corrected chi connectivity index (χ3v) is 6.40. The number of H-pyrrole nitrogens is 1. The number of carbonyl (C=O) groups excluding carboxylic acids is 1. The molecule has 1 aliphatic rings. The quantitative estimate of drug-likeness (QED) is 0.663. The number of imidazole rings is 1. The van der Waals surface area contributed by atoms with E-state index < -0.39 is 0 Å². The van der Waals surface area contributed by atoms with Crippen molar-refractivity contribution in [1.82, 2.24) is 14.5 Å². The van der Waals surface area contributed by atoms with E-state index in [0.29, 0.717) is 4.77 Å². The van der Waals surface area contributed by atoms with Crippen molar-refractivity contribution in [2.24, 2.45) is 0 Å². The number of nitrogens with zero attached hydrogens (tertiary/aromatic N) is 2. The molecule has 0 radical (unpaired) electrons. The number of benzene rings is 1. The number of carbonyl (C=O) groups is 1. The average Bonchev–Trinajstić information content (AvgIpc) is 3.22. The van der Waals surface area contributed by atoms with Crippen LogP contribution in [0.2, 0.25) is 0 Å². The number of amides is 1. The fourth-order valence-corrected chi connectivity index (χ4v) is 5.12. The number of aryl methyl sites for hydroxylation is 1. The molecular weight excluding hydrogens is 350 g/mol. The van der Waals surface area contributed by atoms with Crippen molar-refractivity contribution >= 4 is 40.5 Å². The average molecular weight is 372 g/mol. The van der Waals surface area contributed by atoms with Crippen molar-refractivity contribution in [3.63, 3.8) is 0 Å². The second-order valence-corrected chi connectivity index (χ2v) is 7.77. The number of nitrogens with one attached hydrogen (secondary N) is 1. The first-order chi connectivity index (χ1) is 12.1. The molecule has 6 heteroatoms. The molecule has 1 aliphatic heterocycles. The van der Waals surface area contributed by atoms with Gasteiger partial charge in [-0.3, -0.25) is 4.79 Å². The van der Waals surface area contributed by atoms with E-state index in [1.165, 1.54) is 10.4 Å². The number of thiophene rings is 1. The van der Waals surface area contributed by atoms with Crippen LogP contribution in [0.1, 0.15) is 47.1 Å². The molecule has 1 unspecified atom stereocenters. The van der Waals surface area contributed by atoms with E-state index in [1.807, 2.05) is 27.7 Å². The van der Waals surface area contributed by atoms with Gasteiger partial charge in [-0.05, 0) is 67.2 Å². The van der Waals surface area contributed by atoms with E-state index in [9.17, 15) is 4.79 Å². The molecule has 2 aromatic heterocycles. The zero-order valence-corrected chi connectivity index (χ0v) is 16.0. The Morgan fingerprint density at radius 2 is 2.20 bits per heavy atom. The lowest BCUT2D eigenvalue weighted by Gasteiger charge is -2.35. The Balaban J connectivity index is 1.71. The molecule has 130 valence electrons. The largest absolute Gasteiger partial charge is 0.331 e. The number of aromatic nitrogens is 2. The van der Waals surface area contributed by atoms with Crippen molar-refractivity contribution in [3.8, 4) is 0 Å². The van der Waals surface area contributed by atoms with E-state index in [-0.39, 0.29) is 11.9 Å². The Morgan fingerprint density at radius 1 is 1.36 bits per heavy atom. The standard InChI is InChI=1S/C19H21N3OS2/c1-3-15-13-8-10-25-17(13)7-9-22(15)18(23)12-5-6-16-14(11-12)20-19(24)21(16)4-2/h5-6,8,10-11,15H,3-4,7,9H2,1-2H3,(H,20,24). The highest BCUT2D eigenvalue weighted by Gasteiger charge is 2.31. The molecule has 1 aromatic carbocycles. The minimum Gasteiger partial charge on any atom is -0.331 e. The summed E-state index contributed by atoms with van der Waals surface area (Å²) in [5.41, 5.74) is 4.03. The zero-order valence-electron chi connectivity index (χ0n) is 14.4. The molecule has 4 nitrogen and oxygen atoms in total. The molecule has 3 aromatic rings. The van der Waals surface area contributed by atoms with Gasteiger partial charge in [-0.1, -0.05) is 6.92 Å². The summed E-state index contributed by atoms with van der Waals surface area (Å²) in [6.45, 7) is 5.83. The van der Waals surface area contributed by atoms with E-state index in [0.717, 1.165) is 42.5 Å². The van der Waals surface area contributed by atoms with E-state index in [4.69, 9.17) is 12.2 Å². The summed E-state index contributed by atoms with van der Waals surface area (Å²) in [5.74, 6) is 0.106. The summed E-state index contributed by atoms with van der Waals surface area (Å²) in [5, 5.41) is 2.14. The van der Waals surface area contributed by atoms with E-state index >= 15 is 0 Å². The van der Waals surface area contributed by atoms with Crippen molar-refractivity contribution in [1.29, 1.82) is 0 Å². The van der Waals surface area contributed by atoms with Gasteiger partial charge in [-0.2, -0.15) is 0 Å². The van der Waals surface area contributed by atoms with E-state index in [1.54, 1.807) is 11.3 Å². The molecule has 0 spiro atoms. The van der Waals surface area contributed by atoms with Crippen LogP contribution in [0.25, 0.3) is 11.0 Å². The molecule has 0 saturated heterocycles. The lowest BCUT2D eigenvalue weighted by Crippen LogP contribution is -2.39. The lowest BCUT2D eigenvalue weighted by molar-refractivity contribution is 0.0657. The smallest absolute Gasteiger partial charge is 0.254 e. The number of aromatic amines is 1. The third-order valence-electron chi connectivity index (χ3n) is 5.08. The van der Waals surface area contributed by atoms with E-state index in [2.05, 4.69) is 30.3 Å². The molecule has 1 atom stereocenters. The van der Waals surface area contributed by atoms with Gasteiger partial charge < -0.3 is 14.5 Å². The van der Waals surface area contributed by atoms with Crippen molar-refractivity contribution in [2.75, 3.05) is 6.54 Å². The Kier molecular flexibility index (Phi) is 4.25. The first kappa shape index (κ1) is 16.5. The van der Waals surface area contributed by atoms with Gasteiger partial charge in [0, 0.05) is 23.5 Å². The Labute approximate surface area is 156 Å². The number of rotatable bonds is 3. The molecule has 0 fully saturated rings. The number of hydrogen-bond donors (Lipinski definition) is 1. The van der Waals surface area contributed by atoms with Crippen molar-refractivity contribution in [3.05, 3.63) is 50.4 Å². The molecule has 4 rings (SSSR count). The van der Waals surface area contributed by atoms with Crippen LogP contribution in [0.3, 0.4) is 0 Å². The molecule has 0 saturated carbocycles. The molecular formula is C19H21N3OS2. The second kappa shape index (κ2) is 6.42. The molecule has 1 N–H and O–H groups in total. The topological polar surface area (TPSA) is 41.0 Å². The third kappa shape index (κ3) is 2.64. The van der Waals surface area contributed by atoms with Crippen LogP contribution in [-0.2, 0) is 13.0 Å². The fraction of sp³-hybridized carbons (Fsp3) is 0.368. The summed E-state index contributed by atoms with van der Waals surface area (Å²) in [4.78, 5) is 19.9. The van der Waals surface area contributed by atoms with Crippen LogP contribution < -0.4 is 0 Å². The first-order valence-corrected chi connectivity index (χ1v) is 10.0. The van der Waals surface area contributed by atoms with Crippen LogP contribution in [0, 0.1) is 4.77 Å².